The van der Waals surface area contributed by atoms with Crippen LogP contribution in [0.15, 0.2) is 103 Å². The van der Waals surface area contributed by atoms with Crippen LogP contribution in [0.2, 0.25) is 0 Å². The Morgan fingerprint density at radius 2 is 1.32 bits per heavy atom. The minimum absolute atomic E-state index is 0.0811. The lowest BCUT2D eigenvalue weighted by molar-refractivity contribution is -0.000744. The zero-order chi connectivity index (χ0) is 25.8. The zero-order valence-electron chi connectivity index (χ0n) is 21.1. The van der Waals surface area contributed by atoms with Crippen molar-refractivity contribution in [2.45, 2.75) is 24.5 Å². The number of hydrogen-bond donors (Lipinski definition) is 1. The maximum atomic E-state index is 14.1. The van der Waals surface area contributed by atoms with E-state index in [4.69, 9.17) is 9.47 Å². The maximum Gasteiger partial charge on any atom is 0.254 e. The molecule has 1 saturated heterocycles. The van der Waals surface area contributed by atoms with Crippen molar-refractivity contribution in [3.63, 3.8) is 0 Å². The number of aliphatic hydroxyl groups is 1. The Balaban J connectivity index is 1.59. The molecule has 1 aliphatic rings. The number of hydrogen-bond acceptors (Lipinski definition) is 4. The fourth-order valence-corrected chi connectivity index (χ4v) is 5.38. The van der Waals surface area contributed by atoms with E-state index in [1.807, 2.05) is 108 Å². The van der Waals surface area contributed by atoms with Gasteiger partial charge in [-0.05, 0) is 65.4 Å². The maximum absolute atomic E-state index is 14.1. The van der Waals surface area contributed by atoms with Crippen LogP contribution in [0.3, 0.4) is 0 Å². The first kappa shape index (κ1) is 24.6. The number of ether oxygens (including phenoxy) is 2. The molecule has 0 radical (unpaired) electrons. The van der Waals surface area contributed by atoms with Crippen LogP contribution < -0.4 is 9.47 Å². The van der Waals surface area contributed by atoms with Crippen LogP contribution in [0.5, 0.6) is 11.5 Å². The summed E-state index contributed by atoms with van der Waals surface area (Å²) in [6.07, 6.45) is 1.48. The molecule has 1 aliphatic heterocycles. The van der Waals surface area contributed by atoms with Crippen LogP contribution in [-0.4, -0.2) is 42.7 Å². The number of amides is 1. The first-order valence-corrected chi connectivity index (χ1v) is 12.5. The van der Waals surface area contributed by atoms with Crippen molar-refractivity contribution < 1.29 is 19.4 Å². The van der Waals surface area contributed by atoms with Crippen LogP contribution in [0.1, 0.15) is 34.3 Å². The Bertz CT molecular complexity index is 1300. The molecule has 0 unspecified atom stereocenters. The number of carbonyl (C=O) groups is 1. The van der Waals surface area contributed by atoms with E-state index in [9.17, 15) is 9.90 Å². The van der Waals surface area contributed by atoms with E-state index < -0.39 is 11.6 Å². The van der Waals surface area contributed by atoms with E-state index in [2.05, 4.69) is 0 Å². The van der Waals surface area contributed by atoms with Crippen LogP contribution in [0, 0.1) is 0 Å². The molecule has 0 saturated carbocycles. The zero-order valence-corrected chi connectivity index (χ0v) is 21.1. The molecule has 1 heterocycles. The molecular weight excluding hydrogens is 462 g/mol. The Morgan fingerprint density at radius 3 is 1.89 bits per heavy atom. The van der Waals surface area contributed by atoms with Gasteiger partial charge in [0.2, 0.25) is 0 Å². The molecule has 188 valence electrons. The van der Waals surface area contributed by atoms with Crippen molar-refractivity contribution >= 4 is 5.91 Å². The number of methoxy groups -OCH3 is 2. The van der Waals surface area contributed by atoms with Gasteiger partial charge in [0.05, 0.1) is 20.3 Å². The summed E-state index contributed by atoms with van der Waals surface area (Å²) in [5.74, 6) is 1.33. The van der Waals surface area contributed by atoms with E-state index in [0.717, 1.165) is 17.5 Å². The van der Waals surface area contributed by atoms with Crippen LogP contribution in [0.25, 0.3) is 11.1 Å². The molecule has 4 aromatic carbocycles. The molecule has 0 aliphatic carbocycles. The second-order valence-electron chi connectivity index (χ2n) is 9.29. The lowest BCUT2D eigenvalue weighted by atomic mass is 9.78. The number of nitrogens with zero attached hydrogens (tertiary/aromatic N) is 1. The highest BCUT2D eigenvalue weighted by molar-refractivity contribution is 6.01. The van der Waals surface area contributed by atoms with Gasteiger partial charge in [-0.15, -0.1) is 0 Å². The molecule has 5 heteroatoms. The monoisotopic (exact) mass is 493 g/mol. The number of rotatable bonds is 7. The van der Waals surface area contributed by atoms with Gasteiger partial charge in [-0.3, -0.25) is 4.79 Å². The van der Waals surface area contributed by atoms with Crippen LogP contribution >= 0.6 is 0 Å². The van der Waals surface area contributed by atoms with Gasteiger partial charge in [-0.1, -0.05) is 72.8 Å². The molecule has 1 atom stereocenters. The van der Waals surface area contributed by atoms with E-state index in [1.165, 1.54) is 0 Å². The van der Waals surface area contributed by atoms with Crippen molar-refractivity contribution in [2.75, 3.05) is 20.8 Å². The molecule has 0 bridgehead atoms. The summed E-state index contributed by atoms with van der Waals surface area (Å²) in [5.41, 5.74) is 2.50. The number of likely N-dealkylation sites (tertiary alicyclic amines) is 1. The van der Waals surface area contributed by atoms with Gasteiger partial charge in [0.15, 0.2) is 0 Å². The second kappa shape index (κ2) is 10.5. The first-order valence-electron chi connectivity index (χ1n) is 12.5. The largest absolute Gasteiger partial charge is 0.497 e. The van der Waals surface area contributed by atoms with Crippen molar-refractivity contribution in [1.82, 2.24) is 4.90 Å². The average molecular weight is 494 g/mol. The van der Waals surface area contributed by atoms with Gasteiger partial charge in [-0.2, -0.15) is 0 Å². The smallest absolute Gasteiger partial charge is 0.254 e. The topological polar surface area (TPSA) is 59.0 Å². The molecule has 1 N–H and O–H groups in total. The van der Waals surface area contributed by atoms with Gasteiger partial charge in [-0.25, -0.2) is 0 Å². The molecule has 0 spiro atoms. The van der Waals surface area contributed by atoms with Crippen molar-refractivity contribution in [2.24, 2.45) is 0 Å². The molecular formula is C32H31NO4. The van der Waals surface area contributed by atoms with E-state index >= 15 is 0 Å². The molecule has 4 aromatic rings. The van der Waals surface area contributed by atoms with Gasteiger partial charge in [0.25, 0.3) is 5.91 Å². The van der Waals surface area contributed by atoms with Gasteiger partial charge in [0.1, 0.15) is 17.1 Å². The van der Waals surface area contributed by atoms with Crippen molar-refractivity contribution in [3.05, 3.63) is 120 Å². The summed E-state index contributed by atoms with van der Waals surface area (Å²) in [5, 5.41) is 12.6. The predicted octanol–water partition coefficient (Wildman–Crippen LogP) is 5.91. The summed E-state index contributed by atoms with van der Waals surface area (Å²) in [6.45, 7) is 0.571. The van der Waals surface area contributed by atoms with E-state index in [-0.39, 0.29) is 5.91 Å². The fraction of sp³-hybridized carbons (Fsp3) is 0.219. The average Bonchev–Trinajstić information content (AvgIpc) is 3.48. The SMILES string of the molecule is COc1ccc(C(O)(c2ccc(OC)cc2)[C@@H]2CCCN2C(=O)c2ccccc2-c2ccccc2)cc1. The quantitative estimate of drug-likeness (QED) is 0.348. The van der Waals surface area contributed by atoms with Crippen molar-refractivity contribution in [1.29, 1.82) is 0 Å². The minimum atomic E-state index is -1.42. The molecule has 5 nitrogen and oxygen atoms in total. The highest BCUT2D eigenvalue weighted by Gasteiger charge is 2.47. The van der Waals surface area contributed by atoms with Crippen LogP contribution in [0.4, 0.5) is 0 Å². The Hall–Kier alpha value is -4.09. The predicted molar refractivity (Wildman–Crippen MR) is 145 cm³/mol. The minimum Gasteiger partial charge on any atom is -0.497 e. The summed E-state index contributed by atoms with van der Waals surface area (Å²) >= 11 is 0. The first-order chi connectivity index (χ1) is 18.1. The second-order valence-corrected chi connectivity index (χ2v) is 9.29. The van der Waals surface area contributed by atoms with E-state index in [1.54, 1.807) is 14.2 Å². The Morgan fingerprint density at radius 1 is 0.784 bits per heavy atom. The molecule has 5 rings (SSSR count). The van der Waals surface area contributed by atoms with Crippen LogP contribution in [-0.2, 0) is 5.60 Å². The molecule has 1 fully saturated rings. The summed E-state index contributed by atoms with van der Waals surface area (Å²) in [7, 11) is 3.23. The number of benzene rings is 4. The third-order valence-electron chi connectivity index (χ3n) is 7.30. The van der Waals surface area contributed by atoms with E-state index in [0.29, 0.717) is 41.2 Å². The van der Waals surface area contributed by atoms with Crippen molar-refractivity contribution in [3.8, 4) is 22.6 Å². The third-order valence-corrected chi connectivity index (χ3v) is 7.30. The van der Waals surface area contributed by atoms with Gasteiger partial charge in [0, 0.05) is 12.1 Å². The summed E-state index contributed by atoms with van der Waals surface area (Å²) in [6, 6.07) is 32.1. The molecule has 0 aromatic heterocycles. The Kier molecular flexibility index (Phi) is 6.97. The summed E-state index contributed by atoms with van der Waals surface area (Å²) in [4.78, 5) is 16.0. The highest BCUT2D eigenvalue weighted by atomic mass is 16.5. The lowest BCUT2D eigenvalue weighted by Crippen LogP contribution is -2.50. The highest BCUT2D eigenvalue weighted by Crippen LogP contribution is 2.42. The molecule has 1 amide bonds. The summed E-state index contributed by atoms with van der Waals surface area (Å²) < 4.78 is 10.7. The lowest BCUT2D eigenvalue weighted by Gasteiger charge is -2.40. The van der Waals surface area contributed by atoms with Gasteiger partial charge >= 0.3 is 0 Å². The standard InChI is InChI=1S/C32H31NO4/c1-36-26-18-14-24(15-19-26)32(35,25-16-20-27(37-2)21-17-25)30-13-8-22-33(30)31(34)29-12-7-6-11-28(29)23-9-4-3-5-10-23/h3-7,9-12,14-21,30,35H,8,13,22H2,1-2H3/t30-/m0/s1. The fourth-order valence-electron chi connectivity index (χ4n) is 5.38. The number of carbonyl (C=O) groups excluding carboxylic acids is 1. The molecule has 37 heavy (non-hydrogen) atoms. The third kappa shape index (κ3) is 4.58. The Labute approximate surface area is 217 Å². The van der Waals surface area contributed by atoms with Gasteiger partial charge < -0.3 is 19.5 Å². The normalized spacial score (nSPS) is 15.4.